The van der Waals surface area contributed by atoms with Gasteiger partial charge in [0.15, 0.2) is 0 Å². The topological polar surface area (TPSA) is 55.3 Å². The summed E-state index contributed by atoms with van der Waals surface area (Å²) in [6.45, 7) is 0. The molecule has 0 aliphatic rings. The standard InChI is InChI=1S/C7H8ClN3O2/c1-11(13-2)7(12)5-3-10-6(8)4-9-5/h3-4H,1-2H3. The van der Waals surface area contributed by atoms with E-state index in [1.807, 2.05) is 0 Å². The first kappa shape index (κ1) is 9.88. The van der Waals surface area contributed by atoms with Gasteiger partial charge in [-0.1, -0.05) is 11.6 Å². The third-order valence-corrected chi connectivity index (χ3v) is 1.59. The molecular weight excluding hydrogens is 194 g/mol. The lowest BCUT2D eigenvalue weighted by Gasteiger charge is -2.11. The number of carbonyl (C=O) groups is 1. The van der Waals surface area contributed by atoms with Crippen LogP contribution in [0.25, 0.3) is 0 Å². The minimum absolute atomic E-state index is 0.189. The van der Waals surface area contributed by atoms with E-state index in [2.05, 4.69) is 14.8 Å². The molecule has 13 heavy (non-hydrogen) atoms. The minimum atomic E-state index is -0.369. The molecule has 5 nitrogen and oxygen atoms in total. The van der Waals surface area contributed by atoms with Crippen LogP contribution in [0.3, 0.4) is 0 Å². The van der Waals surface area contributed by atoms with Crippen molar-refractivity contribution in [2.45, 2.75) is 0 Å². The Morgan fingerprint density at radius 3 is 2.69 bits per heavy atom. The second-order valence-electron chi connectivity index (χ2n) is 2.21. The Bertz CT molecular complexity index is 301. The Labute approximate surface area is 80.3 Å². The molecule has 1 amide bonds. The summed E-state index contributed by atoms with van der Waals surface area (Å²) in [6.07, 6.45) is 2.60. The van der Waals surface area contributed by atoms with Gasteiger partial charge in [-0.2, -0.15) is 0 Å². The van der Waals surface area contributed by atoms with Crippen molar-refractivity contribution < 1.29 is 9.63 Å². The highest BCUT2D eigenvalue weighted by Crippen LogP contribution is 2.03. The fourth-order valence-electron chi connectivity index (χ4n) is 0.667. The van der Waals surface area contributed by atoms with E-state index in [1.165, 1.54) is 26.6 Å². The lowest BCUT2D eigenvalue weighted by atomic mass is 10.4. The van der Waals surface area contributed by atoms with Gasteiger partial charge in [0.05, 0.1) is 19.5 Å². The van der Waals surface area contributed by atoms with E-state index in [0.717, 1.165) is 5.06 Å². The maximum Gasteiger partial charge on any atom is 0.297 e. The summed E-state index contributed by atoms with van der Waals surface area (Å²) >= 11 is 5.50. The predicted octanol–water partition coefficient (Wildman–Crippen LogP) is 0.763. The van der Waals surface area contributed by atoms with Crippen LogP contribution >= 0.6 is 11.6 Å². The maximum atomic E-state index is 11.3. The lowest BCUT2D eigenvalue weighted by molar-refractivity contribution is -0.0760. The second-order valence-corrected chi connectivity index (χ2v) is 2.60. The number of hydrogen-bond donors (Lipinski definition) is 0. The van der Waals surface area contributed by atoms with Crippen LogP contribution in [-0.2, 0) is 4.84 Å². The van der Waals surface area contributed by atoms with Crippen molar-refractivity contribution in [2.75, 3.05) is 14.2 Å². The quantitative estimate of drug-likeness (QED) is 0.663. The van der Waals surface area contributed by atoms with Gasteiger partial charge >= 0.3 is 0 Å². The molecular formula is C7H8ClN3O2. The molecule has 0 saturated heterocycles. The molecule has 0 spiro atoms. The molecule has 1 rings (SSSR count). The van der Waals surface area contributed by atoms with Crippen LogP contribution in [-0.4, -0.2) is 35.1 Å². The number of halogens is 1. The van der Waals surface area contributed by atoms with E-state index in [1.54, 1.807) is 0 Å². The third-order valence-electron chi connectivity index (χ3n) is 1.40. The minimum Gasteiger partial charge on any atom is -0.274 e. The summed E-state index contributed by atoms with van der Waals surface area (Å²) < 4.78 is 0. The van der Waals surface area contributed by atoms with Crippen LogP contribution in [0.15, 0.2) is 12.4 Å². The fraction of sp³-hybridized carbons (Fsp3) is 0.286. The zero-order valence-corrected chi connectivity index (χ0v) is 7.95. The van der Waals surface area contributed by atoms with E-state index in [-0.39, 0.29) is 16.8 Å². The Morgan fingerprint density at radius 2 is 2.23 bits per heavy atom. The Kier molecular flexibility index (Phi) is 3.16. The van der Waals surface area contributed by atoms with Gasteiger partial charge in [0, 0.05) is 7.05 Å². The number of carbonyl (C=O) groups excluding carboxylic acids is 1. The summed E-state index contributed by atoms with van der Waals surface area (Å²) in [7, 11) is 2.87. The van der Waals surface area contributed by atoms with E-state index in [9.17, 15) is 4.79 Å². The van der Waals surface area contributed by atoms with Gasteiger partial charge in [-0.3, -0.25) is 9.63 Å². The lowest BCUT2D eigenvalue weighted by Crippen LogP contribution is -2.26. The molecule has 6 heteroatoms. The van der Waals surface area contributed by atoms with Crippen LogP contribution in [0.4, 0.5) is 0 Å². The zero-order chi connectivity index (χ0) is 9.84. The van der Waals surface area contributed by atoms with E-state index in [0.29, 0.717) is 0 Å². The van der Waals surface area contributed by atoms with Crippen molar-refractivity contribution in [3.8, 4) is 0 Å². The normalized spacial score (nSPS) is 9.77. The molecule has 0 aliphatic carbocycles. The van der Waals surface area contributed by atoms with Crippen molar-refractivity contribution in [1.29, 1.82) is 0 Å². The highest BCUT2D eigenvalue weighted by molar-refractivity contribution is 6.29. The van der Waals surface area contributed by atoms with Gasteiger partial charge in [0.25, 0.3) is 5.91 Å². The first-order valence-corrected chi connectivity index (χ1v) is 3.82. The second kappa shape index (κ2) is 4.15. The van der Waals surface area contributed by atoms with Gasteiger partial charge in [0.2, 0.25) is 0 Å². The van der Waals surface area contributed by atoms with Crippen LogP contribution in [0, 0.1) is 0 Å². The van der Waals surface area contributed by atoms with Crippen molar-refractivity contribution in [3.63, 3.8) is 0 Å². The van der Waals surface area contributed by atoms with Crippen LogP contribution in [0.5, 0.6) is 0 Å². The maximum absolute atomic E-state index is 11.3. The fourth-order valence-corrected chi connectivity index (χ4v) is 0.765. The first-order chi connectivity index (χ1) is 6.15. The van der Waals surface area contributed by atoms with E-state index >= 15 is 0 Å². The Balaban J connectivity index is 2.83. The highest BCUT2D eigenvalue weighted by Gasteiger charge is 2.12. The first-order valence-electron chi connectivity index (χ1n) is 3.45. The SMILES string of the molecule is CON(C)C(=O)c1cnc(Cl)cn1. The molecule has 0 fully saturated rings. The average Bonchev–Trinajstić information content (AvgIpc) is 2.17. The number of nitrogens with zero attached hydrogens (tertiary/aromatic N) is 3. The van der Waals surface area contributed by atoms with Gasteiger partial charge in [-0.15, -0.1) is 0 Å². The molecule has 0 bridgehead atoms. The summed E-state index contributed by atoms with van der Waals surface area (Å²) in [4.78, 5) is 23.5. The molecule has 70 valence electrons. The van der Waals surface area contributed by atoms with Gasteiger partial charge in [-0.05, 0) is 0 Å². The number of aromatic nitrogens is 2. The van der Waals surface area contributed by atoms with E-state index < -0.39 is 0 Å². The average molecular weight is 202 g/mol. The van der Waals surface area contributed by atoms with Crippen LogP contribution in [0.1, 0.15) is 10.5 Å². The summed E-state index contributed by atoms with van der Waals surface area (Å²) in [5, 5.41) is 1.30. The highest BCUT2D eigenvalue weighted by atomic mass is 35.5. The zero-order valence-electron chi connectivity index (χ0n) is 7.19. The monoisotopic (exact) mass is 201 g/mol. The van der Waals surface area contributed by atoms with E-state index in [4.69, 9.17) is 11.6 Å². The molecule has 0 saturated carbocycles. The van der Waals surface area contributed by atoms with Crippen molar-refractivity contribution >= 4 is 17.5 Å². The van der Waals surface area contributed by atoms with Crippen LogP contribution < -0.4 is 0 Å². The molecule has 1 aromatic heterocycles. The van der Waals surface area contributed by atoms with Crippen LogP contribution in [0.2, 0.25) is 5.15 Å². The number of rotatable bonds is 2. The molecule has 1 aromatic rings. The molecule has 0 atom stereocenters. The number of amides is 1. The van der Waals surface area contributed by atoms with Crippen molar-refractivity contribution in [2.24, 2.45) is 0 Å². The van der Waals surface area contributed by atoms with Gasteiger partial charge in [-0.25, -0.2) is 15.0 Å². The third kappa shape index (κ3) is 2.37. The molecule has 0 aliphatic heterocycles. The molecule has 0 radical (unpaired) electrons. The molecule has 0 aromatic carbocycles. The van der Waals surface area contributed by atoms with Gasteiger partial charge in [0.1, 0.15) is 10.8 Å². The predicted molar refractivity (Wildman–Crippen MR) is 46.1 cm³/mol. The number of hydroxylamine groups is 2. The Morgan fingerprint density at radius 1 is 1.54 bits per heavy atom. The summed E-state index contributed by atoms with van der Waals surface area (Å²) in [5.41, 5.74) is 0.189. The van der Waals surface area contributed by atoms with Crippen molar-refractivity contribution in [1.82, 2.24) is 15.0 Å². The molecule has 0 N–H and O–H groups in total. The largest absolute Gasteiger partial charge is 0.297 e. The van der Waals surface area contributed by atoms with Crippen molar-refractivity contribution in [3.05, 3.63) is 23.2 Å². The summed E-state index contributed by atoms with van der Waals surface area (Å²) in [6, 6.07) is 0. The summed E-state index contributed by atoms with van der Waals surface area (Å²) in [5.74, 6) is -0.369. The Hall–Kier alpha value is -1.20. The van der Waals surface area contributed by atoms with Gasteiger partial charge < -0.3 is 0 Å². The number of hydrogen-bond acceptors (Lipinski definition) is 4. The molecule has 0 unspecified atom stereocenters. The smallest absolute Gasteiger partial charge is 0.274 e. The molecule has 1 heterocycles.